The second-order valence-corrected chi connectivity index (χ2v) is 12.4. The topological polar surface area (TPSA) is 80.8 Å². The zero-order chi connectivity index (χ0) is 22.2. The third-order valence-electron chi connectivity index (χ3n) is 5.87. The number of Topliss-reactive ketones (excluding diaryl/α,β-unsaturated/α-hetero) is 1. The van der Waals surface area contributed by atoms with Crippen molar-refractivity contribution in [2.75, 3.05) is 6.61 Å². The predicted octanol–water partition coefficient (Wildman–Crippen LogP) is 4.70. The fourth-order valence-corrected chi connectivity index (χ4v) is 7.07. The number of piperidine rings is 1. The van der Waals surface area contributed by atoms with E-state index in [4.69, 9.17) is 39.5 Å². The molecule has 2 heterocycles. The van der Waals surface area contributed by atoms with E-state index in [1.807, 2.05) is 6.92 Å². The molecule has 1 aromatic rings. The van der Waals surface area contributed by atoms with Crippen molar-refractivity contribution in [1.29, 1.82) is 0 Å². The summed E-state index contributed by atoms with van der Waals surface area (Å²) in [7, 11) is -4.02. The zero-order valence-corrected chi connectivity index (χ0v) is 19.6. The first-order chi connectivity index (χ1) is 14.0. The molecule has 166 valence electrons. The van der Waals surface area contributed by atoms with Crippen LogP contribution in [0.4, 0.5) is 4.79 Å². The highest BCUT2D eigenvalue weighted by Crippen LogP contribution is 2.49. The molecule has 0 N–H and O–H groups in total. The molecule has 30 heavy (non-hydrogen) atoms. The van der Waals surface area contributed by atoms with E-state index in [1.54, 1.807) is 18.2 Å². The van der Waals surface area contributed by atoms with Gasteiger partial charge in [-0.2, -0.15) is 0 Å². The van der Waals surface area contributed by atoms with Gasteiger partial charge in [0, 0.05) is 12.5 Å². The van der Waals surface area contributed by atoms with Crippen LogP contribution in [0.3, 0.4) is 0 Å². The van der Waals surface area contributed by atoms with Crippen molar-refractivity contribution >= 4 is 56.5 Å². The molecule has 0 aliphatic carbocycles. The molecule has 0 radical (unpaired) electrons. The Bertz CT molecular complexity index is 903. The number of ketones is 1. The molecule has 3 atom stereocenters. The Morgan fingerprint density at radius 1 is 1.27 bits per heavy atom. The quantitative estimate of drug-likeness (QED) is 0.533. The van der Waals surface area contributed by atoms with Gasteiger partial charge >= 0.3 is 6.09 Å². The number of sulfone groups is 1. The molecule has 10 heteroatoms. The first-order valence-electron chi connectivity index (χ1n) is 9.87. The molecule has 2 saturated heterocycles. The van der Waals surface area contributed by atoms with Crippen LogP contribution in [0.25, 0.3) is 0 Å². The zero-order valence-electron chi connectivity index (χ0n) is 16.5. The monoisotopic (exact) mass is 495 g/mol. The van der Waals surface area contributed by atoms with Gasteiger partial charge in [-0.05, 0) is 31.4 Å². The number of carbonyl (C=O) groups is 2. The smallest absolute Gasteiger partial charge is 0.410 e. The van der Waals surface area contributed by atoms with Gasteiger partial charge in [-0.3, -0.25) is 9.69 Å². The maximum atomic E-state index is 13.6. The lowest BCUT2D eigenvalue weighted by Gasteiger charge is -2.48. The van der Waals surface area contributed by atoms with Gasteiger partial charge in [0.15, 0.2) is 15.6 Å². The van der Waals surface area contributed by atoms with E-state index in [0.717, 1.165) is 6.42 Å². The van der Waals surface area contributed by atoms with E-state index >= 15 is 0 Å². The maximum absolute atomic E-state index is 13.6. The highest BCUT2D eigenvalue weighted by molar-refractivity contribution is 7.93. The first kappa shape index (κ1) is 23.6. The van der Waals surface area contributed by atoms with E-state index in [9.17, 15) is 18.0 Å². The van der Waals surface area contributed by atoms with Crippen LogP contribution in [-0.2, 0) is 19.4 Å². The summed E-state index contributed by atoms with van der Waals surface area (Å²) in [6.07, 6.45) is 1.98. The molecular formula is C20H24Cl3NO5S. The highest BCUT2D eigenvalue weighted by atomic mass is 35.6. The van der Waals surface area contributed by atoms with Crippen LogP contribution >= 0.6 is 34.8 Å². The Balaban J connectivity index is 2.05. The molecular weight excluding hydrogens is 473 g/mol. The number of benzene rings is 1. The van der Waals surface area contributed by atoms with Crippen molar-refractivity contribution in [2.45, 2.75) is 71.0 Å². The third-order valence-corrected chi connectivity index (χ3v) is 8.45. The van der Waals surface area contributed by atoms with Crippen LogP contribution < -0.4 is 0 Å². The number of carbonyl (C=O) groups excluding carboxylic acids is 2. The van der Waals surface area contributed by atoms with E-state index in [0.29, 0.717) is 25.7 Å². The van der Waals surface area contributed by atoms with Crippen molar-refractivity contribution in [2.24, 2.45) is 0 Å². The summed E-state index contributed by atoms with van der Waals surface area (Å²) in [5.74, 6) is -0.358. The van der Waals surface area contributed by atoms with Crippen LogP contribution in [0, 0.1) is 0 Å². The Kier molecular flexibility index (Phi) is 6.97. The number of halogens is 3. The molecule has 0 aromatic heterocycles. The van der Waals surface area contributed by atoms with Crippen molar-refractivity contribution in [3.05, 3.63) is 30.3 Å². The first-order valence-corrected chi connectivity index (χ1v) is 12.6. The number of hydrogen-bond donors (Lipinski definition) is 0. The average molecular weight is 497 g/mol. The minimum atomic E-state index is -4.02. The summed E-state index contributed by atoms with van der Waals surface area (Å²) in [5, 5.41) is -1.35. The largest absolute Gasteiger partial charge is 0.445 e. The van der Waals surface area contributed by atoms with Gasteiger partial charge < -0.3 is 4.74 Å². The van der Waals surface area contributed by atoms with E-state index in [-0.39, 0.29) is 17.1 Å². The van der Waals surface area contributed by atoms with Gasteiger partial charge in [-0.25, -0.2) is 13.2 Å². The Labute approximate surface area is 191 Å². The number of nitrogens with zero attached hydrogens (tertiary/aromatic N) is 1. The van der Waals surface area contributed by atoms with Crippen LogP contribution in [0.1, 0.15) is 45.4 Å². The van der Waals surface area contributed by atoms with Gasteiger partial charge in [-0.1, -0.05) is 72.8 Å². The molecule has 3 rings (SSSR count). The Hall–Kier alpha value is -1.02. The van der Waals surface area contributed by atoms with Gasteiger partial charge in [0.25, 0.3) is 0 Å². The number of rotatable bonds is 6. The van der Waals surface area contributed by atoms with Crippen LogP contribution in [0.2, 0.25) is 0 Å². The molecule has 1 amide bonds. The minimum Gasteiger partial charge on any atom is -0.445 e. The minimum absolute atomic E-state index is 0.0343. The molecule has 6 nitrogen and oxygen atoms in total. The molecule has 2 bridgehead atoms. The maximum Gasteiger partial charge on any atom is 0.410 e. The van der Waals surface area contributed by atoms with Crippen LogP contribution in [0.15, 0.2) is 35.2 Å². The Morgan fingerprint density at radius 3 is 2.53 bits per heavy atom. The number of unbranched alkanes of at least 4 members (excludes halogenated alkanes) is 1. The average Bonchev–Trinajstić information content (AvgIpc) is 2.95. The predicted molar refractivity (Wildman–Crippen MR) is 116 cm³/mol. The number of amides is 1. The van der Waals surface area contributed by atoms with Crippen molar-refractivity contribution < 1.29 is 22.7 Å². The standard InChI is InChI=1S/C20H24Cl3NO5S/c1-2-3-10-19-11-9-14(24(19)18(26)29-13-20(21,22)23)12-16(25)17(19)30(27,28)15-7-5-4-6-8-15/h4-8,14,17H,2-3,9-13H2,1H3/t14-,17-,19+/m0/s1. The fourth-order valence-electron chi connectivity index (χ4n) is 4.73. The van der Waals surface area contributed by atoms with Gasteiger partial charge in [0.1, 0.15) is 11.9 Å². The molecule has 0 spiro atoms. The second kappa shape index (κ2) is 8.85. The SMILES string of the molecule is CCCC[C@@]12CC[C@@H](CC(=O)[C@@H]1S(=O)(=O)c1ccccc1)N2C(=O)OCC(Cl)(Cl)Cl. The molecule has 1 aromatic carbocycles. The normalized spacial score (nSPS) is 26.7. The van der Waals surface area contributed by atoms with E-state index < -0.39 is 43.2 Å². The lowest BCUT2D eigenvalue weighted by Crippen LogP contribution is -2.66. The van der Waals surface area contributed by atoms with Gasteiger partial charge in [0.05, 0.1) is 10.4 Å². The molecule has 0 saturated carbocycles. The number of alkyl halides is 3. The van der Waals surface area contributed by atoms with Crippen LogP contribution in [-0.4, -0.2) is 52.4 Å². The number of fused-ring (bicyclic) bond motifs is 2. The van der Waals surface area contributed by atoms with Crippen molar-refractivity contribution in [3.8, 4) is 0 Å². The molecule has 2 aliphatic rings. The number of ether oxygens (including phenoxy) is 1. The lowest BCUT2D eigenvalue weighted by atomic mass is 9.82. The molecule has 0 unspecified atom stereocenters. The summed E-state index contributed by atoms with van der Waals surface area (Å²) in [6, 6.07) is 7.47. The molecule has 2 fully saturated rings. The van der Waals surface area contributed by atoms with E-state index in [1.165, 1.54) is 17.0 Å². The van der Waals surface area contributed by atoms with Crippen LogP contribution in [0.5, 0.6) is 0 Å². The highest BCUT2D eigenvalue weighted by Gasteiger charge is 2.63. The summed E-state index contributed by atoms with van der Waals surface area (Å²) in [4.78, 5) is 27.6. The third kappa shape index (κ3) is 4.45. The Morgan fingerprint density at radius 2 is 1.93 bits per heavy atom. The second-order valence-electron chi connectivity index (χ2n) is 7.85. The number of hydrogen-bond acceptors (Lipinski definition) is 5. The van der Waals surface area contributed by atoms with Gasteiger partial charge in [0.2, 0.25) is 3.79 Å². The summed E-state index contributed by atoms with van der Waals surface area (Å²) in [6.45, 7) is 1.51. The summed E-state index contributed by atoms with van der Waals surface area (Å²) >= 11 is 17.1. The van der Waals surface area contributed by atoms with Crippen molar-refractivity contribution in [1.82, 2.24) is 4.90 Å². The molecule has 2 aliphatic heterocycles. The van der Waals surface area contributed by atoms with Gasteiger partial charge in [-0.15, -0.1) is 0 Å². The van der Waals surface area contributed by atoms with E-state index in [2.05, 4.69) is 0 Å². The summed E-state index contributed by atoms with van der Waals surface area (Å²) < 4.78 is 30.6. The van der Waals surface area contributed by atoms with Crippen molar-refractivity contribution in [3.63, 3.8) is 0 Å². The fraction of sp³-hybridized carbons (Fsp3) is 0.600. The lowest BCUT2D eigenvalue weighted by molar-refractivity contribution is -0.125. The summed E-state index contributed by atoms with van der Waals surface area (Å²) in [5.41, 5.74) is -1.17.